The Labute approximate surface area is 258 Å². The topological polar surface area (TPSA) is 44.8 Å². The highest BCUT2D eigenvalue weighted by Gasteiger charge is 2.50. The minimum atomic E-state index is -2.55. The van der Waals surface area contributed by atoms with Crippen molar-refractivity contribution in [2.24, 2.45) is 0 Å². The van der Waals surface area contributed by atoms with E-state index in [1.165, 1.54) is 10.4 Å². The van der Waals surface area contributed by atoms with Crippen molar-refractivity contribution < 1.29 is 18.4 Å². The summed E-state index contributed by atoms with van der Waals surface area (Å²) in [6, 6.07) is 21.5. The van der Waals surface area contributed by atoms with Gasteiger partial charge in [-0.15, -0.1) is 0 Å². The van der Waals surface area contributed by atoms with E-state index in [4.69, 9.17) is 13.6 Å². The first-order valence-electron chi connectivity index (χ1n) is 15.5. The molecule has 0 unspecified atom stereocenters. The minimum Gasteiger partial charge on any atom is -0.498 e. The van der Waals surface area contributed by atoms with Crippen molar-refractivity contribution in [2.75, 3.05) is 19.8 Å². The standard InChI is InChI=1S/C36H56O4Si2/c1-12-38-33(30(3)34(37)29(2)26-28-39-41(10,11)35(4,5)6)25-19-20-27-40-42(36(7,8)9,31-21-15-13-16-22-31)32-23-17-14-18-24-32/h13-18,21-24,26H,12,19-20,25,27-28H2,1-11H3/b29-26+,33-30-. The highest BCUT2D eigenvalue weighted by Crippen LogP contribution is 2.37. The molecule has 0 saturated carbocycles. The molecule has 0 aliphatic carbocycles. The van der Waals surface area contributed by atoms with E-state index >= 15 is 0 Å². The van der Waals surface area contributed by atoms with Gasteiger partial charge in [-0.1, -0.05) is 108 Å². The second-order valence-corrected chi connectivity index (χ2v) is 22.9. The molecule has 0 N–H and O–H groups in total. The summed E-state index contributed by atoms with van der Waals surface area (Å²) < 4.78 is 19.3. The molecule has 0 spiro atoms. The molecule has 0 aromatic heterocycles. The number of carbonyl (C=O) groups is 1. The van der Waals surface area contributed by atoms with Gasteiger partial charge < -0.3 is 13.6 Å². The van der Waals surface area contributed by atoms with E-state index in [2.05, 4.69) is 115 Å². The minimum absolute atomic E-state index is 0.0286. The molecular formula is C36H56O4Si2. The van der Waals surface area contributed by atoms with Crippen LogP contribution in [0.3, 0.4) is 0 Å². The number of Topliss-reactive ketones (excluding diaryl/α,β-unsaturated/α-hetero) is 1. The van der Waals surface area contributed by atoms with Gasteiger partial charge in [0.05, 0.1) is 13.2 Å². The van der Waals surface area contributed by atoms with Gasteiger partial charge in [-0.3, -0.25) is 4.79 Å². The Morgan fingerprint density at radius 3 is 1.76 bits per heavy atom. The van der Waals surface area contributed by atoms with E-state index in [1.807, 2.05) is 26.8 Å². The van der Waals surface area contributed by atoms with Gasteiger partial charge in [0, 0.05) is 18.6 Å². The maximum absolute atomic E-state index is 13.3. The maximum Gasteiger partial charge on any atom is 0.261 e. The number of ketones is 1. The second kappa shape index (κ2) is 15.5. The van der Waals surface area contributed by atoms with Crippen molar-refractivity contribution >= 4 is 32.8 Å². The van der Waals surface area contributed by atoms with Gasteiger partial charge in [0.1, 0.15) is 5.76 Å². The molecule has 2 rings (SSSR count). The third-order valence-electron chi connectivity index (χ3n) is 8.61. The highest BCUT2D eigenvalue weighted by molar-refractivity contribution is 6.99. The van der Waals surface area contributed by atoms with E-state index in [0.29, 0.717) is 37.4 Å². The van der Waals surface area contributed by atoms with Crippen molar-refractivity contribution in [3.63, 3.8) is 0 Å². The number of rotatable bonds is 15. The fourth-order valence-corrected chi connectivity index (χ4v) is 10.6. The van der Waals surface area contributed by atoms with Crippen LogP contribution in [0.25, 0.3) is 0 Å². The largest absolute Gasteiger partial charge is 0.498 e. The number of unbranched alkanes of at least 4 members (excludes halogenated alkanes) is 1. The predicted molar refractivity (Wildman–Crippen MR) is 184 cm³/mol. The van der Waals surface area contributed by atoms with Crippen LogP contribution in [0.4, 0.5) is 0 Å². The second-order valence-electron chi connectivity index (χ2n) is 13.7. The number of hydrogen-bond acceptors (Lipinski definition) is 4. The number of benzene rings is 2. The third-order valence-corrected chi connectivity index (χ3v) is 18.2. The molecule has 2 aromatic rings. The molecule has 0 saturated heterocycles. The van der Waals surface area contributed by atoms with Gasteiger partial charge >= 0.3 is 0 Å². The lowest BCUT2D eigenvalue weighted by atomic mass is 10.0. The molecule has 0 aliphatic rings. The van der Waals surface area contributed by atoms with Crippen molar-refractivity contribution in [3.8, 4) is 0 Å². The van der Waals surface area contributed by atoms with Crippen LogP contribution in [0.15, 0.2) is 83.6 Å². The summed E-state index contributed by atoms with van der Waals surface area (Å²) in [5, 5.41) is 2.67. The lowest BCUT2D eigenvalue weighted by molar-refractivity contribution is -0.112. The van der Waals surface area contributed by atoms with Crippen LogP contribution in [0.5, 0.6) is 0 Å². The Hall–Kier alpha value is -2.26. The van der Waals surface area contributed by atoms with Crippen LogP contribution in [0.2, 0.25) is 23.2 Å². The molecule has 4 nitrogen and oxygen atoms in total. The summed E-state index contributed by atoms with van der Waals surface area (Å²) in [6.45, 7) is 25.4. The first-order valence-corrected chi connectivity index (χ1v) is 20.3. The Kier molecular flexibility index (Phi) is 13.2. The van der Waals surface area contributed by atoms with Gasteiger partial charge in [0.2, 0.25) is 0 Å². The van der Waals surface area contributed by atoms with E-state index in [1.54, 1.807) is 0 Å². The van der Waals surface area contributed by atoms with Crippen molar-refractivity contribution in [1.82, 2.24) is 0 Å². The Morgan fingerprint density at radius 1 is 0.786 bits per heavy atom. The predicted octanol–water partition coefficient (Wildman–Crippen LogP) is 8.58. The summed E-state index contributed by atoms with van der Waals surface area (Å²) in [5.41, 5.74) is 1.39. The fourth-order valence-electron chi connectivity index (χ4n) is 5.02. The average molecular weight is 609 g/mol. The lowest BCUT2D eigenvalue weighted by Gasteiger charge is -2.43. The summed E-state index contributed by atoms with van der Waals surface area (Å²) in [5.74, 6) is 0.812. The zero-order valence-corrected chi connectivity index (χ0v) is 30.2. The Bertz CT molecular complexity index is 1150. The van der Waals surface area contributed by atoms with Crippen molar-refractivity contribution in [3.05, 3.63) is 83.6 Å². The van der Waals surface area contributed by atoms with Gasteiger partial charge in [-0.2, -0.15) is 0 Å². The normalized spacial score (nSPS) is 14.0. The first kappa shape index (κ1) is 35.9. The summed E-state index contributed by atoms with van der Waals surface area (Å²) in [7, 11) is -4.41. The zero-order valence-electron chi connectivity index (χ0n) is 28.2. The number of carbonyl (C=O) groups excluding carboxylic acids is 1. The molecular weight excluding hydrogens is 553 g/mol. The average Bonchev–Trinajstić information content (AvgIpc) is 2.93. The lowest BCUT2D eigenvalue weighted by Crippen LogP contribution is -2.66. The number of hydrogen-bond donors (Lipinski definition) is 0. The van der Waals surface area contributed by atoms with Gasteiger partial charge in [-0.25, -0.2) is 0 Å². The number of allylic oxidation sites excluding steroid dienone is 3. The molecule has 232 valence electrons. The Morgan fingerprint density at radius 2 is 1.31 bits per heavy atom. The molecule has 6 heteroatoms. The smallest absolute Gasteiger partial charge is 0.261 e. The fraction of sp³-hybridized carbons (Fsp3) is 0.528. The van der Waals surface area contributed by atoms with Crippen LogP contribution in [-0.4, -0.2) is 42.2 Å². The van der Waals surface area contributed by atoms with Crippen LogP contribution < -0.4 is 10.4 Å². The zero-order chi connectivity index (χ0) is 31.6. The van der Waals surface area contributed by atoms with Crippen molar-refractivity contribution in [1.29, 1.82) is 0 Å². The molecule has 42 heavy (non-hydrogen) atoms. The molecule has 2 aromatic carbocycles. The first-order chi connectivity index (χ1) is 19.6. The summed E-state index contributed by atoms with van der Waals surface area (Å²) >= 11 is 0. The molecule has 0 aliphatic heterocycles. The van der Waals surface area contributed by atoms with Crippen molar-refractivity contribution in [2.45, 2.75) is 105 Å². The highest BCUT2D eigenvalue weighted by atomic mass is 28.4. The van der Waals surface area contributed by atoms with E-state index in [-0.39, 0.29) is 15.9 Å². The quantitative estimate of drug-likeness (QED) is 0.0879. The van der Waals surface area contributed by atoms with Crippen LogP contribution >= 0.6 is 0 Å². The molecule has 0 radical (unpaired) electrons. The monoisotopic (exact) mass is 608 g/mol. The van der Waals surface area contributed by atoms with Gasteiger partial charge in [0.15, 0.2) is 14.1 Å². The van der Waals surface area contributed by atoms with Crippen LogP contribution in [0.1, 0.15) is 81.6 Å². The summed E-state index contributed by atoms with van der Waals surface area (Å²) in [6.07, 6.45) is 4.41. The molecule has 0 bridgehead atoms. The van der Waals surface area contributed by atoms with Gasteiger partial charge in [0.25, 0.3) is 8.32 Å². The maximum atomic E-state index is 13.3. The molecule has 0 heterocycles. The Balaban J connectivity index is 2.14. The summed E-state index contributed by atoms with van der Waals surface area (Å²) in [4.78, 5) is 13.3. The van der Waals surface area contributed by atoms with Crippen LogP contribution in [0, 0.1) is 0 Å². The molecule has 0 atom stereocenters. The SMILES string of the molecule is CCO/C(CCCCO[Si](c1ccccc1)(c1ccccc1)C(C)(C)C)=C(/C)C(=O)/C(C)=C/CO[Si](C)(C)C(C)(C)C. The van der Waals surface area contributed by atoms with Gasteiger partial charge in [-0.05, 0) is 72.7 Å². The third kappa shape index (κ3) is 9.12. The van der Waals surface area contributed by atoms with E-state index in [9.17, 15) is 4.79 Å². The van der Waals surface area contributed by atoms with E-state index < -0.39 is 16.6 Å². The van der Waals surface area contributed by atoms with E-state index in [0.717, 1.165) is 18.6 Å². The number of ether oxygens (including phenoxy) is 1. The molecule has 0 fully saturated rings. The molecule has 0 amide bonds. The van der Waals surface area contributed by atoms with Crippen LogP contribution in [-0.2, 0) is 18.4 Å².